The molecule has 0 atom stereocenters. The van der Waals surface area contributed by atoms with Gasteiger partial charge in [-0.1, -0.05) is 29.8 Å². The fourth-order valence-electron chi connectivity index (χ4n) is 5.19. The minimum atomic E-state index is -0.728. The number of para-hydroxylation sites is 1. The van der Waals surface area contributed by atoms with Crippen molar-refractivity contribution < 1.29 is 14.6 Å². The minimum Gasteiger partial charge on any atom is -0.481 e. The first-order valence-corrected chi connectivity index (χ1v) is 12.5. The maximum Gasteiger partial charge on any atom is 0.306 e. The summed E-state index contributed by atoms with van der Waals surface area (Å²) < 4.78 is 8.03. The molecule has 0 unspecified atom stereocenters. The van der Waals surface area contributed by atoms with E-state index in [0.29, 0.717) is 41.0 Å². The van der Waals surface area contributed by atoms with Crippen LogP contribution in [0.15, 0.2) is 67.1 Å². The number of hydrogen-bond acceptors (Lipinski definition) is 6. The Hall–Kier alpha value is -4.17. The van der Waals surface area contributed by atoms with Gasteiger partial charge >= 0.3 is 5.97 Å². The SMILES string of the molecule is Nc1ncnc2c1c(-c1cc3nc(Oc4ccccc4)ccc3cc1Cl)cn2C1CCC(C(=O)O)CC1. The van der Waals surface area contributed by atoms with E-state index in [2.05, 4.69) is 14.5 Å². The largest absolute Gasteiger partial charge is 0.481 e. The first kappa shape index (κ1) is 23.2. The van der Waals surface area contributed by atoms with Gasteiger partial charge in [-0.2, -0.15) is 0 Å². The summed E-state index contributed by atoms with van der Waals surface area (Å²) in [6.45, 7) is 0. The molecule has 0 radical (unpaired) electrons. The summed E-state index contributed by atoms with van der Waals surface area (Å²) in [4.78, 5) is 24.9. The highest BCUT2D eigenvalue weighted by atomic mass is 35.5. The number of anilines is 1. The molecule has 37 heavy (non-hydrogen) atoms. The summed E-state index contributed by atoms with van der Waals surface area (Å²) in [6.07, 6.45) is 6.21. The van der Waals surface area contributed by atoms with E-state index in [1.165, 1.54) is 6.33 Å². The number of ether oxygens (including phenoxy) is 1. The number of rotatable bonds is 5. The molecular formula is C28H24ClN5O3. The lowest BCUT2D eigenvalue weighted by molar-refractivity contribution is -0.143. The smallest absolute Gasteiger partial charge is 0.306 e. The zero-order valence-corrected chi connectivity index (χ0v) is 20.6. The maximum atomic E-state index is 11.4. The van der Waals surface area contributed by atoms with E-state index >= 15 is 0 Å². The van der Waals surface area contributed by atoms with Crippen molar-refractivity contribution in [2.24, 2.45) is 5.92 Å². The number of fused-ring (bicyclic) bond motifs is 2. The van der Waals surface area contributed by atoms with Gasteiger partial charge in [0.25, 0.3) is 0 Å². The molecule has 0 saturated heterocycles. The number of halogens is 1. The monoisotopic (exact) mass is 513 g/mol. The average Bonchev–Trinajstić information content (AvgIpc) is 3.30. The van der Waals surface area contributed by atoms with Crippen LogP contribution in [0.25, 0.3) is 33.1 Å². The predicted molar refractivity (Wildman–Crippen MR) is 143 cm³/mol. The summed E-state index contributed by atoms with van der Waals surface area (Å²) in [5, 5.41) is 11.6. The number of carboxylic acid groups (broad SMARTS) is 1. The molecule has 3 heterocycles. The Morgan fingerprint density at radius 3 is 2.57 bits per heavy atom. The van der Waals surface area contributed by atoms with Crippen molar-refractivity contribution >= 4 is 45.3 Å². The van der Waals surface area contributed by atoms with Gasteiger partial charge in [0.15, 0.2) is 0 Å². The number of carbonyl (C=O) groups is 1. The Morgan fingerprint density at radius 2 is 1.81 bits per heavy atom. The molecule has 0 amide bonds. The highest BCUT2D eigenvalue weighted by molar-refractivity contribution is 6.34. The Bertz CT molecular complexity index is 1630. The van der Waals surface area contributed by atoms with Crippen LogP contribution < -0.4 is 10.5 Å². The van der Waals surface area contributed by atoms with Crippen molar-refractivity contribution in [2.75, 3.05) is 5.73 Å². The average molecular weight is 514 g/mol. The number of benzene rings is 2. The third-order valence-electron chi connectivity index (χ3n) is 7.09. The van der Waals surface area contributed by atoms with E-state index in [9.17, 15) is 9.90 Å². The fraction of sp³-hybridized carbons (Fsp3) is 0.214. The third-order valence-corrected chi connectivity index (χ3v) is 7.40. The highest BCUT2D eigenvalue weighted by Crippen LogP contribution is 2.42. The molecule has 6 rings (SSSR count). The summed E-state index contributed by atoms with van der Waals surface area (Å²) in [5.41, 5.74) is 9.38. The number of aromatic nitrogens is 4. The highest BCUT2D eigenvalue weighted by Gasteiger charge is 2.29. The summed E-state index contributed by atoms with van der Waals surface area (Å²) in [6, 6.07) is 17.2. The zero-order valence-electron chi connectivity index (χ0n) is 19.8. The second-order valence-corrected chi connectivity index (χ2v) is 9.75. The number of nitrogens with two attached hydrogens (primary N) is 1. The number of nitrogens with zero attached hydrogens (tertiary/aromatic N) is 4. The summed E-state index contributed by atoms with van der Waals surface area (Å²) >= 11 is 6.79. The molecule has 3 aromatic heterocycles. The van der Waals surface area contributed by atoms with Crippen LogP contribution in [0.3, 0.4) is 0 Å². The normalized spacial score (nSPS) is 17.8. The van der Waals surface area contributed by atoms with Crippen LogP contribution in [-0.4, -0.2) is 30.6 Å². The number of carboxylic acids is 1. The van der Waals surface area contributed by atoms with E-state index in [0.717, 1.165) is 40.3 Å². The Balaban J connectivity index is 1.43. The van der Waals surface area contributed by atoms with E-state index in [4.69, 9.17) is 27.1 Å². The molecular weight excluding hydrogens is 490 g/mol. The summed E-state index contributed by atoms with van der Waals surface area (Å²) in [5.74, 6) is 0.518. The lowest BCUT2D eigenvalue weighted by atomic mass is 9.86. The van der Waals surface area contributed by atoms with Gasteiger partial charge in [0, 0.05) is 39.8 Å². The first-order chi connectivity index (χ1) is 18.0. The number of pyridine rings is 1. The van der Waals surface area contributed by atoms with E-state index in [-0.39, 0.29) is 12.0 Å². The molecule has 1 saturated carbocycles. The number of nitrogen functional groups attached to an aromatic ring is 1. The Labute approximate surface area is 217 Å². The number of hydrogen-bond donors (Lipinski definition) is 2. The van der Waals surface area contributed by atoms with Gasteiger partial charge in [-0.15, -0.1) is 0 Å². The molecule has 8 nitrogen and oxygen atoms in total. The van der Waals surface area contributed by atoms with Crippen molar-refractivity contribution in [3.63, 3.8) is 0 Å². The molecule has 186 valence electrons. The minimum absolute atomic E-state index is 0.115. The second kappa shape index (κ2) is 9.37. The quantitative estimate of drug-likeness (QED) is 0.276. The molecule has 1 aliphatic rings. The van der Waals surface area contributed by atoms with Crippen LogP contribution in [0.1, 0.15) is 31.7 Å². The van der Waals surface area contributed by atoms with Gasteiger partial charge in [0.05, 0.1) is 16.8 Å². The first-order valence-electron chi connectivity index (χ1n) is 12.2. The number of aliphatic carboxylic acids is 1. The van der Waals surface area contributed by atoms with Crippen LogP contribution in [0, 0.1) is 5.92 Å². The van der Waals surface area contributed by atoms with Gasteiger partial charge in [-0.25, -0.2) is 15.0 Å². The van der Waals surface area contributed by atoms with E-state index < -0.39 is 5.97 Å². The lowest BCUT2D eigenvalue weighted by Crippen LogP contribution is -2.23. The molecule has 5 aromatic rings. The van der Waals surface area contributed by atoms with Crippen LogP contribution >= 0.6 is 11.6 Å². The van der Waals surface area contributed by atoms with Gasteiger partial charge in [0.2, 0.25) is 5.88 Å². The van der Waals surface area contributed by atoms with Crippen molar-refractivity contribution in [3.05, 3.63) is 72.1 Å². The van der Waals surface area contributed by atoms with Gasteiger partial charge < -0.3 is 20.1 Å². The van der Waals surface area contributed by atoms with Crippen LogP contribution in [0.4, 0.5) is 5.82 Å². The molecule has 1 fully saturated rings. The van der Waals surface area contributed by atoms with E-state index in [1.807, 2.05) is 60.8 Å². The second-order valence-electron chi connectivity index (χ2n) is 9.34. The molecule has 9 heteroatoms. The van der Waals surface area contributed by atoms with Crippen LogP contribution in [0.5, 0.6) is 11.6 Å². The molecule has 2 aromatic carbocycles. The van der Waals surface area contributed by atoms with Crippen molar-refractivity contribution in [1.29, 1.82) is 0 Å². The fourth-order valence-corrected chi connectivity index (χ4v) is 5.46. The lowest BCUT2D eigenvalue weighted by Gasteiger charge is -2.27. The molecule has 3 N–H and O–H groups in total. The van der Waals surface area contributed by atoms with Gasteiger partial charge in [-0.3, -0.25) is 4.79 Å². The third kappa shape index (κ3) is 4.34. The van der Waals surface area contributed by atoms with E-state index in [1.54, 1.807) is 0 Å². The molecule has 0 bridgehead atoms. The predicted octanol–water partition coefficient (Wildman–Crippen LogP) is 6.49. The van der Waals surface area contributed by atoms with Crippen LogP contribution in [0.2, 0.25) is 5.02 Å². The molecule has 0 aliphatic heterocycles. The zero-order chi connectivity index (χ0) is 25.5. The maximum absolute atomic E-state index is 11.4. The topological polar surface area (TPSA) is 116 Å². The van der Waals surface area contributed by atoms with Gasteiger partial charge in [0.1, 0.15) is 23.5 Å². The van der Waals surface area contributed by atoms with Crippen molar-refractivity contribution in [2.45, 2.75) is 31.7 Å². The summed E-state index contributed by atoms with van der Waals surface area (Å²) in [7, 11) is 0. The standard InChI is InChI=1S/C28H24ClN5O3/c29-22-12-17-8-11-24(37-19-4-2-1-3-5-19)33-23(17)13-20(22)21-14-34(27-25(21)26(30)31-15-32-27)18-9-6-16(7-10-18)28(35)36/h1-5,8,11-16,18H,6-7,9-10H2,(H,35,36)(H2,30,31,32). The molecule has 1 aliphatic carbocycles. The van der Waals surface area contributed by atoms with Crippen LogP contribution in [-0.2, 0) is 4.79 Å². The van der Waals surface area contributed by atoms with Crippen molar-refractivity contribution in [1.82, 2.24) is 19.5 Å². The molecule has 0 spiro atoms. The Kier molecular flexibility index (Phi) is 5.88. The van der Waals surface area contributed by atoms with Gasteiger partial charge in [-0.05, 0) is 56.0 Å². The van der Waals surface area contributed by atoms with Crippen molar-refractivity contribution in [3.8, 4) is 22.8 Å². The Morgan fingerprint density at radius 1 is 1.03 bits per heavy atom.